The summed E-state index contributed by atoms with van der Waals surface area (Å²) < 4.78 is 17.1. The minimum atomic E-state index is 0.242. The highest BCUT2D eigenvalue weighted by Crippen LogP contribution is 2.37. The molecule has 0 bridgehead atoms. The molecule has 1 heterocycles. The second-order valence-electron chi connectivity index (χ2n) is 6.30. The molecule has 1 aliphatic rings. The van der Waals surface area contributed by atoms with Crippen LogP contribution in [0.4, 0.5) is 0 Å². The Morgan fingerprint density at radius 1 is 0.815 bits per heavy atom. The van der Waals surface area contributed by atoms with E-state index >= 15 is 0 Å². The molecule has 0 atom stereocenters. The Bertz CT molecular complexity index is 908. The van der Waals surface area contributed by atoms with Crippen LogP contribution in [0.5, 0.6) is 11.5 Å². The molecule has 4 nitrogen and oxygen atoms in total. The van der Waals surface area contributed by atoms with Gasteiger partial charge in [0.05, 0.1) is 19.8 Å². The van der Waals surface area contributed by atoms with Crippen LogP contribution in [0.1, 0.15) is 22.3 Å². The van der Waals surface area contributed by atoms with Crippen LogP contribution >= 0.6 is 0 Å². The van der Waals surface area contributed by atoms with Crippen molar-refractivity contribution in [3.63, 3.8) is 0 Å². The molecule has 0 saturated heterocycles. The van der Waals surface area contributed by atoms with E-state index in [-0.39, 0.29) is 6.79 Å². The molecule has 4 heteroatoms. The molecule has 0 N–H and O–H groups in total. The summed E-state index contributed by atoms with van der Waals surface area (Å²) in [5.74, 6) is 1.51. The lowest BCUT2D eigenvalue weighted by atomic mass is 10.1. The van der Waals surface area contributed by atoms with E-state index in [0.717, 1.165) is 28.2 Å². The highest BCUT2D eigenvalue weighted by Gasteiger charge is 2.20. The van der Waals surface area contributed by atoms with E-state index < -0.39 is 0 Å². The molecule has 0 unspecified atom stereocenters. The van der Waals surface area contributed by atoms with Gasteiger partial charge >= 0.3 is 0 Å². The Morgan fingerprint density at radius 3 is 2.33 bits per heavy atom. The molecule has 0 aliphatic carbocycles. The van der Waals surface area contributed by atoms with Crippen molar-refractivity contribution in [1.82, 2.24) is 0 Å². The van der Waals surface area contributed by atoms with Crippen molar-refractivity contribution < 1.29 is 14.2 Å². The molecule has 0 saturated carbocycles. The number of rotatable bonds is 7. The maximum atomic E-state index is 5.94. The molecular weight excluding hydrogens is 338 g/mol. The average molecular weight is 359 g/mol. The van der Waals surface area contributed by atoms with Crippen molar-refractivity contribution in [3.8, 4) is 11.5 Å². The second kappa shape index (κ2) is 8.52. The van der Waals surface area contributed by atoms with Crippen molar-refractivity contribution >= 4 is 6.21 Å². The predicted molar refractivity (Wildman–Crippen MR) is 105 cm³/mol. The largest absolute Gasteiger partial charge is 0.454 e. The van der Waals surface area contributed by atoms with Crippen LogP contribution in [0.2, 0.25) is 0 Å². The van der Waals surface area contributed by atoms with Crippen LogP contribution in [-0.2, 0) is 24.5 Å². The Kier molecular flexibility index (Phi) is 5.46. The fourth-order valence-electron chi connectivity index (χ4n) is 2.99. The summed E-state index contributed by atoms with van der Waals surface area (Å²) in [6, 6.07) is 24.2. The predicted octanol–water partition coefficient (Wildman–Crippen LogP) is 4.75. The molecular formula is C23H21NO3. The van der Waals surface area contributed by atoms with Crippen LogP contribution in [0.15, 0.2) is 77.8 Å². The molecule has 4 rings (SSSR count). The van der Waals surface area contributed by atoms with Crippen molar-refractivity contribution in [2.45, 2.75) is 19.8 Å². The van der Waals surface area contributed by atoms with E-state index in [0.29, 0.717) is 19.8 Å². The third kappa shape index (κ3) is 4.36. The zero-order valence-electron chi connectivity index (χ0n) is 15.0. The first-order valence-electron chi connectivity index (χ1n) is 8.97. The lowest BCUT2D eigenvalue weighted by molar-refractivity contribution is 0.104. The monoisotopic (exact) mass is 359 g/mol. The third-order valence-electron chi connectivity index (χ3n) is 4.38. The van der Waals surface area contributed by atoms with Gasteiger partial charge in [-0.2, -0.15) is 0 Å². The van der Waals surface area contributed by atoms with E-state index in [1.54, 1.807) is 0 Å². The van der Waals surface area contributed by atoms with E-state index in [4.69, 9.17) is 14.2 Å². The van der Waals surface area contributed by atoms with E-state index in [1.807, 2.05) is 54.7 Å². The zero-order chi connectivity index (χ0) is 18.3. The molecule has 1 aliphatic heterocycles. The van der Waals surface area contributed by atoms with E-state index in [9.17, 15) is 0 Å². The van der Waals surface area contributed by atoms with Gasteiger partial charge in [-0.1, -0.05) is 60.7 Å². The SMILES string of the molecule is C(=NCc1ccccc1)c1ccc2c(c1COCc1ccccc1)OCO2. The van der Waals surface area contributed by atoms with Gasteiger partial charge in [0, 0.05) is 17.3 Å². The zero-order valence-corrected chi connectivity index (χ0v) is 15.0. The summed E-state index contributed by atoms with van der Waals surface area (Å²) >= 11 is 0. The third-order valence-corrected chi connectivity index (χ3v) is 4.38. The lowest BCUT2D eigenvalue weighted by Gasteiger charge is -2.11. The quantitative estimate of drug-likeness (QED) is 0.572. The van der Waals surface area contributed by atoms with Gasteiger partial charge in [-0.15, -0.1) is 0 Å². The minimum Gasteiger partial charge on any atom is -0.454 e. The van der Waals surface area contributed by atoms with Crippen molar-refractivity contribution in [2.24, 2.45) is 4.99 Å². The average Bonchev–Trinajstić information content (AvgIpc) is 3.20. The van der Waals surface area contributed by atoms with Gasteiger partial charge in [-0.25, -0.2) is 0 Å². The summed E-state index contributed by atoms with van der Waals surface area (Å²) in [7, 11) is 0. The summed E-state index contributed by atoms with van der Waals surface area (Å²) in [5, 5.41) is 0. The van der Waals surface area contributed by atoms with Gasteiger partial charge in [0.25, 0.3) is 0 Å². The van der Waals surface area contributed by atoms with E-state index in [2.05, 4.69) is 29.3 Å². The van der Waals surface area contributed by atoms with Gasteiger partial charge < -0.3 is 14.2 Å². The summed E-state index contributed by atoms with van der Waals surface area (Å²) in [5.41, 5.74) is 4.28. The van der Waals surface area contributed by atoms with Crippen molar-refractivity contribution in [2.75, 3.05) is 6.79 Å². The molecule has 0 amide bonds. The van der Waals surface area contributed by atoms with Crippen molar-refractivity contribution in [3.05, 3.63) is 95.1 Å². The Hall–Kier alpha value is -3.11. The highest BCUT2D eigenvalue weighted by atomic mass is 16.7. The maximum Gasteiger partial charge on any atom is 0.231 e. The van der Waals surface area contributed by atoms with Gasteiger partial charge in [0.2, 0.25) is 6.79 Å². The number of fused-ring (bicyclic) bond motifs is 1. The van der Waals surface area contributed by atoms with Crippen LogP contribution in [0.3, 0.4) is 0 Å². The minimum absolute atomic E-state index is 0.242. The van der Waals surface area contributed by atoms with Crippen LogP contribution in [0.25, 0.3) is 0 Å². The van der Waals surface area contributed by atoms with Gasteiger partial charge in [-0.3, -0.25) is 4.99 Å². The molecule has 0 aromatic heterocycles. The molecule has 0 fully saturated rings. The van der Waals surface area contributed by atoms with Crippen LogP contribution < -0.4 is 9.47 Å². The molecule has 3 aromatic rings. The van der Waals surface area contributed by atoms with Gasteiger partial charge in [-0.05, 0) is 23.3 Å². The number of ether oxygens (including phenoxy) is 3. The molecule has 0 radical (unpaired) electrons. The molecule has 0 spiro atoms. The maximum absolute atomic E-state index is 5.94. The standard InChI is InChI=1S/C23H21NO3/c1-3-7-18(8-4-1)13-24-14-20-11-12-22-23(27-17-26-22)21(20)16-25-15-19-9-5-2-6-10-19/h1-12,14H,13,15-17H2. The Morgan fingerprint density at radius 2 is 1.56 bits per heavy atom. The first-order valence-corrected chi connectivity index (χ1v) is 8.97. The van der Waals surface area contributed by atoms with E-state index in [1.165, 1.54) is 5.56 Å². The fraction of sp³-hybridized carbons (Fsp3) is 0.174. The topological polar surface area (TPSA) is 40.0 Å². The summed E-state index contributed by atoms with van der Waals surface area (Å²) in [4.78, 5) is 4.59. The molecule has 136 valence electrons. The number of hydrogen-bond donors (Lipinski definition) is 0. The highest BCUT2D eigenvalue weighted by molar-refractivity contribution is 5.84. The summed E-state index contributed by atoms with van der Waals surface area (Å²) in [6.45, 7) is 1.87. The lowest BCUT2D eigenvalue weighted by Crippen LogP contribution is -2.01. The van der Waals surface area contributed by atoms with Crippen molar-refractivity contribution in [1.29, 1.82) is 0 Å². The van der Waals surface area contributed by atoms with Crippen LogP contribution in [0, 0.1) is 0 Å². The number of benzene rings is 3. The van der Waals surface area contributed by atoms with Gasteiger partial charge in [0.1, 0.15) is 0 Å². The summed E-state index contributed by atoms with van der Waals surface area (Å²) in [6.07, 6.45) is 1.89. The Labute approximate surface area is 159 Å². The number of hydrogen-bond acceptors (Lipinski definition) is 4. The number of aliphatic imine (C=N–C) groups is 1. The van der Waals surface area contributed by atoms with Crippen LogP contribution in [-0.4, -0.2) is 13.0 Å². The first-order chi connectivity index (χ1) is 13.4. The Balaban J connectivity index is 1.49. The van der Waals surface area contributed by atoms with Gasteiger partial charge in [0.15, 0.2) is 11.5 Å². The smallest absolute Gasteiger partial charge is 0.231 e. The molecule has 27 heavy (non-hydrogen) atoms. The normalized spacial score (nSPS) is 12.6. The second-order valence-corrected chi connectivity index (χ2v) is 6.30. The molecule has 3 aromatic carbocycles. The fourth-order valence-corrected chi connectivity index (χ4v) is 2.99. The first kappa shape index (κ1) is 17.3. The number of nitrogens with zero attached hydrogens (tertiary/aromatic N) is 1.